The molecule has 0 saturated carbocycles. The van der Waals surface area contributed by atoms with Crippen molar-refractivity contribution in [2.45, 2.75) is 13.5 Å². The highest BCUT2D eigenvalue weighted by Gasteiger charge is 2.15. The zero-order valence-corrected chi connectivity index (χ0v) is 21.1. The van der Waals surface area contributed by atoms with Crippen molar-refractivity contribution in [3.8, 4) is 17.0 Å². The minimum absolute atomic E-state index is 0.393. The maximum atomic E-state index is 12.8. The van der Waals surface area contributed by atoms with Crippen molar-refractivity contribution in [3.63, 3.8) is 0 Å². The van der Waals surface area contributed by atoms with Gasteiger partial charge in [-0.1, -0.05) is 18.2 Å². The Hall–Kier alpha value is -4.14. The Labute approximate surface area is 217 Å². The molecule has 1 aliphatic rings. The first kappa shape index (κ1) is 24.5. The average molecular weight is 495 g/mol. The number of ether oxygens (including phenoxy) is 1. The van der Waals surface area contributed by atoms with E-state index < -0.39 is 5.97 Å². The van der Waals surface area contributed by atoms with Crippen LogP contribution in [-0.4, -0.2) is 63.9 Å². The summed E-state index contributed by atoms with van der Waals surface area (Å²) in [6.07, 6.45) is 5.18. The third kappa shape index (κ3) is 6.35. The molecule has 8 heteroatoms. The molecule has 1 aliphatic heterocycles. The number of aryl methyl sites for hydroxylation is 1. The van der Waals surface area contributed by atoms with Gasteiger partial charge in [-0.05, 0) is 61.5 Å². The highest BCUT2D eigenvalue weighted by Crippen LogP contribution is 2.26. The smallest absolute Gasteiger partial charge is 0.343 e. The van der Waals surface area contributed by atoms with E-state index in [9.17, 15) is 4.79 Å². The molecule has 0 amide bonds. The Bertz CT molecular complexity index is 1350. The van der Waals surface area contributed by atoms with E-state index in [-0.39, 0.29) is 0 Å². The minimum Gasteiger partial charge on any atom is -0.423 e. The van der Waals surface area contributed by atoms with E-state index in [0.717, 1.165) is 55.2 Å². The van der Waals surface area contributed by atoms with Gasteiger partial charge in [-0.3, -0.25) is 9.88 Å². The number of aromatic nitrogens is 3. The number of carbonyl (C=O) groups excluding carboxylic acids is 1. The van der Waals surface area contributed by atoms with Crippen LogP contribution in [-0.2, 0) is 6.54 Å². The number of carbonyl (C=O) groups is 1. The molecule has 0 radical (unpaired) electrons. The number of esters is 1. The number of nitrogens with zero attached hydrogens (tertiary/aromatic N) is 5. The van der Waals surface area contributed by atoms with Gasteiger partial charge in [0, 0.05) is 68.6 Å². The lowest BCUT2D eigenvalue weighted by Crippen LogP contribution is -2.43. The van der Waals surface area contributed by atoms with Crippen LogP contribution in [0, 0.1) is 6.92 Å². The van der Waals surface area contributed by atoms with Gasteiger partial charge in [0.05, 0.1) is 11.3 Å². The first-order chi connectivity index (χ1) is 18.0. The van der Waals surface area contributed by atoms with Gasteiger partial charge in [-0.25, -0.2) is 14.8 Å². The van der Waals surface area contributed by atoms with Gasteiger partial charge >= 0.3 is 5.97 Å². The zero-order valence-electron chi connectivity index (χ0n) is 21.1. The maximum Gasteiger partial charge on any atom is 0.343 e. The molecule has 5 rings (SSSR count). The summed E-state index contributed by atoms with van der Waals surface area (Å²) < 4.78 is 5.68. The number of nitrogens with one attached hydrogen (secondary N) is 1. The summed E-state index contributed by atoms with van der Waals surface area (Å²) in [5, 5.41) is 3.24. The van der Waals surface area contributed by atoms with Crippen molar-refractivity contribution in [3.05, 3.63) is 95.9 Å². The van der Waals surface area contributed by atoms with Crippen LogP contribution in [0.4, 0.5) is 11.6 Å². The number of benzene rings is 2. The fourth-order valence-corrected chi connectivity index (χ4v) is 4.19. The maximum absolute atomic E-state index is 12.8. The van der Waals surface area contributed by atoms with E-state index in [2.05, 4.69) is 37.1 Å². The van der Waals surface area contributed by atoms with Crippen molar-refractivity contribution < 1.29 is 9.53 Å². The van der Waals surface area contributed by atoms with Gasteiger partial charge in [-0.15, -0.1) is 0 Å². The fraction of sp³-hybridized carbons (Fsp3) is 0.241. The fourth-order valence-electron chi connectivity index (χ4n) is 4.19. The second kappa shape index (κ2) is 11.3. The third-order valence-corrected chi connectivity index (χ3v) is 6.47. The summed E-state index contributed by atoms with van der Waals surface area (Å²) in [5.74, 6) is 0.502. The topological polar surface area (TPSA) is 83.5 Å². The molecule has 0 atom stereocenters. The Balaban J connectivity index is 1.24. The Morgan fingerprint density at radius 1 is 1.00 bits per heavy atom. The van der Waals surface area contributed by atoms with Crippen molar-refractivity contribution >= 4 is 17.6 Å². The number of likely N-dealkylation sites (N-methyl/N-ethyl adjacent to an activating group) is 1. The molecule has 1 fully saturated rings. The minimum atomic E-state index is -0.393. The van der Waals surface area contributed by atoms with Crippen LogP contribution < -0.4 is 10.1 Å². The van der Waals surface area contributed by atoms with Crippen molar-refractivity contribution in [2.24, 2.45) is 0 Å². The summed E-state index contributed by atoms with van der Waals surface area (Å²) in [6, 6.07) is 18.8. The van der Waals surface area contributed by atoms with Crippen molar-refractivity contribution in [1.29, 1.82) is 0 Å². The molecular formula is C29H30N6O2. The quantitative estimate of drug-likeness (QED) is 0.296. The predicted octanol–water partition coefficient (Wildman–Crippen LogP) is 4.56. The van der Waals surface area contributed by atoms with E-state index in [1.807, 2.05) is 55.5 Å². The molecule has 0 spiro atoms. The molecule has 2 aromatic carbocycles. The molecule has 8 nitrogen and oxygen atoms in total. The van der Waals surface area contributed by atoms with Crippen LogP contribution in [0.15, 0.2) is 79.3 Å². The lowest BCUT2D eigenvalue weighted by Gasteiger charge is -2.32. The molecule has 3 heterocycles. The van der Waals surface area contributed by atoms with Gasteiger partial charge in [0.15, 0.2) is 0 Å². The lowest BCUT2D eigenvalue weighted by molar-refractivity contribution is 0.0735. The SMILES string of the molecule is Cc1ccc(OC(=O)c2ccc(CN3CCN(C)CC3)cc2)cc1Nc1nccc(-c2cccnc2)n1. The van der Waals surface area contributed by atoms with Gasteiger partial charge < -0.3 is 15.0 Å². The number of hydrogen-bond acceptors (Lipinski definition) is 8. The Morgan fingerprint density at radius 3 is 2.57 bits per heavy atom. The number of rotatable bonds is 7. The van der Waals surface area contributed by atoms with Crippen molar-refractivity contribution in [1.82, 2.24) is 24.8 Å². The number of piperazine rings is 1. The number of hydrogen-bond donors (Lipinski definition) is 1. The van der Waals surface area contributed by atoms with E-state index in [0.29, 0.717) is 17.3 Å². The molecule has 188 valence electrons. The second-order valence-electron chi connectivity index (χ2n) is 9.27. The van der Waals surface area contributed by atoms with Crippen LogP contribution in [0.3, 0.4) is 0 Å². The number of pyridine rings is 1. The second-order valence-corrected chi connectivity index (χ2v) is 9.27. The predicted molar refractivity (Wildman–Crippen MR) is 144 cm³/mol. The van der Waals surface area contributed by atoms with Crippen LogP contribution in [0.5, 0.6) is 5.75 Å². The molecule has 1 saturated heterocycles. The normalized spacial score (nSPS) is 14.3. The highest BCUT2D eigenvalue weighted by molar-refractivity contribution is 5.91. The van der Waals surface area contributed by atoms with Crippen LogP contribution in [0.25, 0.3) is 11.3 Å². The summed E-state index contributed by atoms with van der Waals surface area (Å²) >= 11 is 0. The first-order valence-electron chi connectivity index (χ1n) is 12.4. The largest absolute Gasteiger partial charge is 0.423 e. The standard InChI is InChI=1S/C29H30N6O2/c1-21-5-10-25(18-27(21)33-29-31-13-11-26(32-29)24-4-3-12-30-19-24)37-28(36)23-8-6-22(7-9-23)20-35-16-14-34(2)15-17-35/h3-13,18-19H,14-17,20H2,1-2H3,(H,31,32,33). The molecule has 4 aromatic rings. The van der Waals surface area contributed by atoms with Gasteiger partial charge in [-0.2, -0.15) is 0 Å². The summed E-state index contributed by atoms with van der Waals surface area (Å²) in [4.78, 5) is 30.7. The summed E-state index contributed by atoms with van der Waals surface area (Å²) in [6.45, 7) is 7.14. The third-order valence-electron chi connectivity index (χ3n) is 6.47. The summed E-state index contributed by atoms with van der Waals surface area (Å²) in [7, 11) is 2.15. The van der Waals surface area contributed by atoms with E-state index in [1.54, 1.807) is 30.7 Å². The van der Waals surface area contributed by atoms with E-state index in [1.165, 1.54) is 5.56 Å². The lowest BCUT2D eigenvalue weighted by atomic mass is 10.1. The van der Waals surface area contributed by atoms with Crippen LogP contribution in [0.1, 0.15) is 21.5 Å². The molecule has 0 unspecified atom stereocenters. The zero-order chi connectivity index (χ0) is 25.6. The first-order valence-corrected chi connectivity index (χ1v) is 12.4. The van der Waals surface area contributed by atoms with Crippen molar-refractivity contribution in [2.75, 3.05) is 38.5 Å². The van der Waals surface area contributed by atoms with Crippen LogP contribution >= 0.6 is 0 Å². The molecule has 1 N–H and O–H groups in total. The average Bonchev–Trinajstić information content (AvgIpc) is 2.93. The van der Waals surface area contributed by atoms with Gasteiger partial charge in [0.2, 0.25) is 5.95 Å². The molecular weight excluding hydrogens is 464 g/mol. The Morgan fingerprint density at radius 2 is 1.81 bits per heavy atom. The molecule has 2 aromatic heterocycles. The number of anilines is 2. The monoisotopic (exact) mass is 494 g/mol. The highest BCUT2D eigenvalue weighted by atomic mass is 16.5. The van der Waals surface area contributed by atoms with E-state index >= 15 is 0 Å². The van der Waals surface area contributed by atoms with Gasteiger partial charge in [0.1, 0.15) is 5.75 Å². The molecule has 37 heavy (non-hydrogen) atoms. The summed E-state index contributed by atoms with van der Waals surface area (Å²) in [5.41, 5.74) is 5.12. The van der Waals surface area contributed by atoms with Crippen LogP contribution in [0.2, 0.25) is 0 Å². The van der Waals surface area contributed by atoms with Gasteiger partial charge in [0.25, 0.3) is 0 Å². The molecule has 0 aliphatic carbocycles. The van der Waals surface area contributed by atoms with E-state index in [4.69, 9.17) is 4.74 Å². The Kier molecular flexibility index (Phi) is 7.49. The molecule has 0 bridgehead atoms.